The minimum Gasteiger partial charge on any atom is -0.465 e. The highest BCUT2D eigenvalue weighted by Gasteiger charge is 2.39. The van der Waals surface area contributed by atoms with Gasteiger partial charge in [0.25, 0.3) is 0 Å². The van der Waals surface area contributed by atoms with Crippen LogP contribution in [0, 0.1) is 34.9 Å². The topological polar surface area (TPSA) is 79.5 Å². The monoisotopic (exact) mass is 416 g/mol. The molecule has 5 nitrogen and oxygen atoms in total. The minimum atomic E-state index is -0.593. The van der Waals surface area contributed by atoms with Gasteiger partial charge in [0, 0.05) is 17.2 Å². The minimum absolute atomic E-state index is 0.0708. The normalized spacial score (nSPS) is 19.0. The Balaban J connectivity index is 2.28. The average Bonchev–Trinajstić information content (AvgIpc) is 2.66. The van der Waals surface area contributed by atoms with E-state index in [9.17, 15) is 19.2 Å². The fourth-order valence-electron chi connectivity index (χ4n) is 3.33. The van der Waals surface area contributed by atoms with Crippen LogP contribution in [0.3, 0.4) is 0 Å². The molecule has 2 rings (SSSR count). The molecule has 0 fully saturated rings. The van der Waals surface area contributed by atoms with E-state index in [0.29, 0.717) is 28.3 Å². The summed E-state index contributed by atoms with van der Waals surface area (Å²) in [5.41, 5.74) is 1.40. The van der Waals surface area contributed by atoms with Crippen molar-refractivity contribution < 1.29 is 18.7 Å². The van der Waals surface area contributed by atoms with Crippen LogP contribution in [-0.2, 0) is 9.53 Å². The summed E-state index contributed by atoms with van der Waals surface area (Å²) in [6.45, 7) is 7.82. The molecule has 0 aromatic heterocycles. The number of rotatable bonds is 8. The Hall–Kier alpha value is -2.46. The Morgan fingerprint density at radius 3 is 2.52 bits per heavy atom. The Morgan fingerprint density at radius 2 is 1.97 bits per heavy atom. The lowest BCUT2D eigenvalue weighted by molar-refractivity contribution is -0.146. The summed E-state index contributed by atoms with van der Waals surface area (Å²) in [5.74, 6) is -1.55. The van der Waals surface area contributed by atoms with Gasteiger partial charge in [0.2, 0.25) is 0 Å². The predicted octanol–water partition coefficient (Wildman–Crippen LogP) is 4.79. The maximum absolute atomic E-state index is 13.1. The van der Waals surface area contributed by atoms with Crippen molar-refractivity contribution >= 4 is 29.2 Å². The molecule has 0 bridgehead atoms. The number of benzene rings is 1. The summed E-state index contributed by atoms with van der Waals surface area (Å²) in [6.07, 6.45) is 0.634. The van der Waals surface area contributed by atoms with Crippen molar-refractivity contribution in [3.63, 3.8) is 0 Å². The molecule has 0 spiro atoms. The van der Waals surface area contributed by atoms with Crippen molar-refractivity contribution in [1.82, 2.24) is 0 Å². The number of carbonyl (C=O) groups excluding carboxylic acids is 2. The van der Waals surface area contributed by atoms with E-state index in [2.05, 4.69) is 11.1 Å². The number of hydrogen-bond donors (Lipinski definition) is 0. The lowest BCUT2D eigenvalue weighted by Gasteiger charge is -2.30. The lowest BCUT2D eigenvalue weighted by Crippen LogP contribution is -2.36. The van der Waals surface area contributed by atoms with E-state index in [1.165, 1.54) is 36.0 Å². The Kier molecular flexibility index (Phi) is 8.15. The number of ether oxygens (including phenoxy) is 1. The maximum Gasteiger partial charge on any atom is 0.315 e. The molecule has 0 saturated heterocycles. The third-order valence-corrected chi connectivity index (χ3v) is 5.62. The molecule has 29 heavy (non-hydrogen) atoms. The number of Topliss-reactive ketones (excluding diaryl/α,β-unsaturated/α-hetero) is 1. The number of hydrogen-bond acceptors (Lipinski definition) is 6. The largest absolute Gasteiger partial charge is 0.465 e. The number of nitriles is 1. The van der Waals surface area contributed by atoms with Gasteiger partial charge in [0.05, 0.1) is 24.0 Å². The van der Waals surface area contributed by atoms with E-state index < -0.39 is 11.7 Å². The van der Waals surface area contributed by atoms with Crippen molar-refractivity contribution in [2.24, 2.45) is 22.7 Å². The van der Waals surface area contributed by atoms with Crippen molar-refractivity contribution in [3.05, 3.63) is 46.2 Å². The van der Waals surface area contributed by atoms with Crippen LogP contribution in [0.15, 0.2) is 39.9 Å². The highest BCUT2D eigenvalue weighted by molar-refractivity contribution is 8.03. The van der Waals surface area contributed by atoms with E-state index in [1.807, 2.05) is 13.8 Å². The van der Waals surface area contributed by atoms with Crippen molar-refractivity contribution in [3.8, 4) is 6.07 Å². The lowest BCUT2D eigenvalue weighted by atomic mass is 9.77. The van der Waals surface area contributed by atoms with Crippen LogP contribution in [0.4, 0.5) is 4.39 Å². The quantitative estimate of drug-likeness (QED) is 0.449. The van der Waals surface area contributed by atoms with E-state index >= 15 is 0 Å². The van der Waals surface area contributed by atoms with Gasteiger partial charge in [0.1, 0.15) is 16.8 Å². The zero-order valence-corrected chi connectivity index (χ0v) is 17.9. The number of thioether (sulfide) groups is 1. The van der Waals surface area contributed by atoms with Gasteiger partial charge in [0.15, 0.2) is 5.78 Å². The van der Waals surface area contributed by atoms with Gasteiger partial charge in [-0.2, -0.15) is 5.26 Å². The summed E-state index contributed by atoms with van der Waals surface area (Å²) >= 11 is 1.17. The second-order valence-corrected chi connectivity index (χ2v) is 8.23. The molecule has 2 unspecified atom stereocenters. The second-order valence-electron chi connectivity index (χ2n) is 7.27. The zero-order valence-electron chi connectivity index (χ0n) is 17.1. The van der Waals surface area contributed by atoms with Crippen molar-refractivity contribution in [1.29, 1.82) is 5.26 Å². The molecule has 154 valence electrons. The first-order chi connectivity index (χ1) is 13.8. The highest BCUT2D eigenvalue weighted by atomic mass is 32.2. The summed E-state index contributed by atoms with van der Waals surface area (Å²) in [7, 11) is 0. The fourth-order valence-corrected chi connectivity index (χ4v) is 4.32. The van der Waals surface area contributed by atoms with Gasteiger partial charge in [-0.1, -0.05) is 25.6 Å². The highest BCUT2D eigenvalue weighted by Crippen LogP contribution is 2.39. The van der Waals surface area contributed by atoms with Gasteiger partial charge in [-0.25, -0.2) is 9.38 Å². The Labute approximate surface area is 175 Å². The summed E-state index contributed by atoms with van der Waals surface area (Å²) in [5, 5.41) is 10.3. The van der Waals surface area contributed by atoms with Crippen LogP contribution in [0.2, 0.25) is 0 Å². The number of ketones is 1. The molecule has 0 aliphatic carbocycles. The average molecular weight is 417 g/mol. The molecule has 0 N–H and O–H groups in total. The Morgan fingerprint density at radius 1 is 1.31 bits per heavy atom. The third-order valence-electron chi connectivity index (χ3n) is 4.62. The second kappa shape index (κ2) is 10.4. The number of halogens is 1. The van der Waals surface area contributed by atoms with Crippen LogP contribution in [0.1, 0.15) is 44.5 Å². The number of allylic oxidation sites excluding steroid dienone is 1. The summed E-state index contributed by atoms with van der Waals surface area (Å²) in [4.78, 5) is 29.4. The Bertz CT molecular complexity index is 869. The smallest absolute Gasteiger partial charge is 0.315 e. The van der Waals surface area contributed by atoms with Crippen molar-refractivity contribution in [2.45, 2.75) is 34.1 Å². The molecule has 0 radical (unpaired) electrons. The molecule has 0 amide bonds. The zero-order chi connectivity index (χ0) is 21.6. The van der Waals surface area contributed by atoms with E-state index in [4.69, 9.17) is 4.74 Å². The van der Waals surface area contributed by atoms with Gasteiger partial charge < -0.3 is 4.74 Å². The van der Waals surface area contributed by atoms with Crippen LogP contribution in [0.5, 0.6) is 0 Å². The molecule has 1 aliphatic heterocycles. The number of aliphatic imine (C=N–C) groups is 1. The van der Waals surface area contributed by atoms with Crippen LogP contribution in [0.25, 0.3) is 0 Å². The maximum atomic E-state index is 13.1. The first-order valence-corrected chi connectivity index (χ1v) is 10.5. The third kappa shape index (κ3) is 5.77. The van der Waals surface area contributed by atoms with Crippen LogP contribution >= 0.6 is 11.8 Å². The fraction of sp³-hybridized carbons (Fsp3) is 0.455. The van der Waals surface area contributed by atoms with E-state index in [1.54, 1.807) is 13.8 Å². The van der Waals surface area contributed by atoms with E-state index in [-0.39, 0.29) is 35.9 Å². The number of carbonyl (C=O) groups is 2. The molecule has 7 heteroatoms. The number of nitrogens with zero attached hydrogens (tertiary/aromatic N) is 2. The molecule has 2 atom stereocenters. The molecular weight excluding hydrogens is 391 g/mol. The van der Waals surface area contributed by atoms with Gasteiger partial charge in [-0.05, 0) is 50.5 Å². The standard InChI is InChI=1S/C22H25FN2O3S/c1-5-28-22(27)20-14(4)25-21(18(11-24)17(20)10-13(2)3)29-12-19(26)15-6-8-16(23)9-7-15/h6-9,13,17,20H,5,10,12H2,1-4H3. The molecule has 1 aliphatic rings. The summed E-state index contributed by atoms with van der Waals surface area (Å²) in [6, 6.07) is 7.56. The van der Waals surface area contributed by atoms with E-state index in [0.717, 1.165) is 0 Å². The molecule has 1 aromatic rings. The first kappa shape index (κ1) is 22.8. The molecule has 1 heterocycles. The summed E-state index contributed by atoms with van der Waals surface area (Å²) < 4.78 is 18.3. The number of esters is 1. The van der Waals surface area contributed by atoms with Gasteiger partial charge >= 0.3 is 5.97 Å². The first-order valence-electron chi connectivity index (χ1n) is 9.56. The van der Waals surface area contributed by atoms with Gasteiger partial charge in [-0.3, -0.25) is 9.59 Å². The van der Waals surface area contributed by atoms with Crippen LogP contribution in [-0.4, -0.2) is 29.8 Å². The SMILES string of the molecule is CCOC(=O)C1C(C)=NC(SCC(=O)c2ccc(F)cc2)=C(C#N)C1CC(C)C. The molecule has 0 saturated carbocycles. The van der Waals surface area contributed by atoms with Gasteiger partial charge in [-0.15, -0.1) is 0 Å². The predicted molar refractivity (Wildman–Crippen MR) is 112 cm³/mol. The van der Waals surface area contributed by atoms with Crippen LogP contribution < -0.4 is 0 Å². The molecular formula is C22H25FN2O3S. The van der Waals surface area contributed by atoms with Crippen molar-refractivity contribution in [2.75, 3.05) is 12.4 Å². The molecule has 1 aromatic carbocycles.